The summed E-state index contributed by atoms with van der Waals surface area (Å²) in [5.74, 6) is -0.948. The largest absolute Gasteiger partial charge is 0.383 e. The van der Waals surface area contributed by atoms with Crippen LogP contribution in [0.4, 0.5) is 9.39 Å². The lowest BCUT2D eigenvalue weighted by atomic mass is 10.3. The number of fused-ring (bicyclic) bond motifs is 1. The molecule has 0 spiro atoms. The first-order chi connectivity index (χ1) is 12.0. The summed E-state index contributed by atoms with van der Waals surface area (Å²) < 4.78 is 20.9. The van der Waals surface area contributed by atoms with Gasteiger partial charge in [0.1, 0.15) is 10.7 Å². The Bertz CT molecular complexity index is 1020. The van der Waals surface area contributed by atoms with Crippen molar-refractivity contribution >= 4 is 43.8 Å². The van der Waals surface area contributed by atoms with Crippen molar-refractivity contribution in [1.29, 1.82) is 0 Å². The van der Waals surface area contributed by atoms with Crippen LogP contribution in [-0.2, 0) is 11.3 Å². The molecule has 0 radical (unpaired) electrons. The van der Waals surface area contributed by atoms with E-state index < -0.39 is 10.8 Å². The summed E-state index contributed by atoms with van der Waals surface area (Å²) in [5, 5.41) is 10.6. The van der Waals surface area contributed by atoms with Gasteiger partial charge in [-0.1, -0.05) is 22.7 Å². The van der Waals surface area contributed by atoms with E-state index in [9.17, 15) is 19.3 Å². The molecule has 0 aliphatic carbocycles. The smallest absolute Gasteiger partial charge is 0.324 e. The van der Waals surface area contributed by atoms with Gasteiger partial charge < -0.3 is 9.30 Å². The van der Waals surface area contributed by atoms with Crippen LogP contribution in [0, 0.1) is 15.9 Å². The fourth-order valence-electron chi connectivity index (χ4n) is 2.21. The molecule has 3 aromatic rings. The highest BCUT2D eigenvalue weighted by Crippen LogP contribution is 2.24. The molecular formula is C15H12FN3O4S2. The van der Waals surface area contributed by atoms with Crippen LogP contribution < -0.4 is 4.80 Å². The molecule has 0 atom stereocenters. The molecule has 25 heavy (non-hydrogen) atoms. The molecule has 0 saturated carbocycles. The van der Waals surface area contributed by atoms with Gasteiger partial charge in [0.2, 0.25) is 0 Å². The number of halogens is 1. The van der Waals surface area contributed by atoms with Crippen LogP contribution in [0.25, 0.3) is 10.2 Å². The van der Waals surface area contributed by atoms with Gasteiger partial charge in [0.05, 0.1) is 21.7 Å². The number of aromatic nitrogens is 1. The van der Waals surface area contributed by atoms with Crippen LogP contribution in [0.3, 0.4) is 0 Å². The number of carbonyl (C=O) groups excluding carboxylic acids is 1. The fourth-order valence-corrected chi connectivity index (χ4v) is 4.00. The van der Waals surface area contributed by atoms with E-state index in [0.717, 1.165) is 16.9 Å². The summed E-state index contributed by atoms with van der Waals surface area (Å²) in [6, 6.07) is 6.99. The number of rotatable bonds is 5. The minimum Gasteiger partial charge on any atom is -0.383 e. The Morgan fingerprint density at radius 3 is 2.84 bits per heavy atom. The third-order valence-electron chi connectivity index (χ3n) is 3.34. The summed E-state index contributed by atoms with van der Waals surface area (Å²) >= 11 is 1.94. The molecule has 0 bridgehead atoms. The summed E-state index contributed by atoms with van der Waals surface area (Å²) in [4.78, 5) is 27.2. The standard InChI is InChI=1S/C15H12FN3O4S2/c1-23-7-6-18-10-3-2-9(16)8-12(10)25-15(18)17-14(20)11-4-5-13(24-11)19(21)22/h2-5,8H,6-7H2,1H3. The van der Waals surface area contributed by atoms with E-state index in [1.807, 2.05) is 0 Å². The third kappa shape index (κ3) is 3.65. The van der Waals surface area contributed by atoms with E-state index in [2.05, 4.69) is 4.99 Å². The molecule has 0 aliphatic heterocycles. The summed E-state index contributed by atoms with van der Waals surface area (Å²) in [7, 11) is 1.56. The lowest BCUT2D eigenvalue weighted by Gasteiger charge is -2.03. The number of thiophene rings is 1. The molecule has 1 aromatic carbocycles. The van der Waals surface area contributed by atoms with Crippen LogP contribution in [0.1, 0.15) is 9.67 Å². The van der Waals surface area contributed by atoms with Gasteiger partial charge in [-0.3, -0.25) is 14.9 Å². The predicted octanol–water partition coefficient (Wildman–Crippen LogP) is 3.20. The van der Waals surface area contributed by atoms with Gasteiger partial charge in [-0.15, -0.1) is 0 Å². The first-order valence-electron chi connectivity index (χ1n) is 7.10. The molecular weight excluding hydrogens is 369 g/mol. The number of benzene rings is 1. The minimum atomic E-state index is -0.573. The summed E-state index contributed by atoms with van der Waals surface area (Å²) in [6.45, 7) is 0.841. The average molecular weight is 381 g/mol. The predicted molar refractivity (Wildman–Crippen MR) is 92.5 cm³/mol. The zero-order chi connectivity index (χ0) is 18.0. The maximum Gasteiger partial charge on any atom is 0.324 e. The Balaban J connectivity index is 2.07. The number of hydrogen-bond donors (Lipinski definition) is 0. The van der Waals surface area contributed by atoms with Crippen LogP contribution >= 0.6 is 22.7 Å². The number of ether oxygens (including phenoxy) is 1. The lowest BCUT2D eigenvalue weighted by molar-refractivity contribution is -0.380. The zero-order valence-electron chi connectivity index (χ0n) is 13.0. The normalized spacial score (nSPS) is 12.0. The highest BCUT2D eigenvalue weighted by Gasteiger charge is 2.16. The van der Waals surface area contributed by atoms with E-state index >= 15 is 0 Å². The molecule has 0 unspecified atom stereocenters. The van der Waals surface area contributed by atoms with Gasteiger partial charge in [0.15, 0.2) is 4.80 Å². The Morgan fingerprint density at radius 1 is 1.36 bits per heavy atom. The second-order valence-electron chi connectivity index (χ2n) is 4.95. The Morgan fingerprint density at radius 2 is 2.16 bits per heavy atom. The van der Waals surface area contributed by atoms with Crippen LogP contribution in [0.15, 0.2) is 35.3 Å². The molecule has 3 rings (SSSR count). The highest BCUT2D eigenvalue weighted by molar-refractivity contribution is 7.17. The van der Waals surface area contributed by atoms with Gasteiger partial charge in [-0.2, -0.15) is 4.99 Å². The fraction of sp³-hybridized carbons (Fsp3) is 0.200. The first-order valence-corrected chi connectivity index (χ1v) is 8.74. The molecule has 2 heterocycles. The van der Waals surface area contributed by atoms with E-state index in [1.54, 1.807) is 17.7 Å². The van der Waals surface area contributed by atoms with Gasteiger partial charge in [0, 0.05) is 19.7 Å². The Kier molecular flexibility index (Phi) is 5.02. The van der Waals surface area contributed by atoms with Crippen molar-refractivity contribution in [1.82, 2.24) is 4.57 Å². The minimum absolute atomic E-state index is 0.121. The van der Waals surface area contributed by atoms with E-state index in [4.69, 9.17) is 4.74 Å². The van der Waals surface area contributed by atoms with Crippen molar-refractivity contribution in [2.24, 2.45) is 4.99 Å². The number of amides is 1. The first kappa shape index (κ1) is 17.4. The number of carbonyl (C=O) groups is 1. The molecule has 10 heteroatoms. The maximum absolute atomic E-state index is 13.4. The third-order valence-corrected chi connectivity index (χ3v) is 5.41. The molecule has 1 amide bonds. The quantitative estimate of drug-likeness (QED) is 0.502. The van der Waals surface area contributed by atoms with Crippen LogP contribution in [0.2, 0.25) is 0 Å². The van der Waals surface area contributed by atoms with Gasteiger partial charge >= 0.3 is 5.00 Å². The number of thiazole rings is 1. The monoisotopic (exact) mass is 381 g/mol. The summed E-state index contributed by atoms with van der Waals surface area (Å²) in [6.07, 6.45) is 0. The van der Waals surface area contributed by atoms with Gasteiger partial charge in [-0.25, -0.2) is 4.39 Å². The number of methoxy groups -OCH3 is 1. The second-order valence-corrected chi connectivity index (χ2v) is 7.02. The highest BCUT2D eigenvalue weighted by atomic mass is 32.1. The van der Waals surface area contributed by atoms with E-state index in [0.29, 0.717) is 22.7 Å². The van der Waals surface area contributed by atoms with Crippen molar-refractivity contribution in [3.05, 3.63) is 55.9 Å². The van der Waals surface area contributed by atoms with Crippen molar-refractivity contribution < 1.29 is 18.8 Å². The number of nitrogens with zero attached hydrogens (tertiary/aromatic N) is 3. The van der Waals surface area contributed by atoms with Gasteiger partial charge in [-0.05, 0) is 24.3 Å². The lowest BCUT2D eigenvalue weighted by Crippen LogP contribution is -2.19. The molecule has 0 aliphatic rings. The van der Waals surface area contributed by atoms with Crippen LogP contribution in [-0.4, -0.2) is 29.1 Å². The van der Waals surface area contributed by atoms with Gasteiger partial charge in [0.25, 0.3) is 5.91 Å². The summed E-state index contributed by atoms with van der Waals surface area (Å²) in [5.41, 5.74) is 0.743. The molecule has 130 valence electrons. The Labute approximate surface area is 148 Å². The van der Waals surface area contributed by atoms with E-state index in [1.165, 1.54) is 35.6 Å². The Hall–Kier alpha value is -2.43. The average Bonchev–Trinajstić information content (AvgIpc) is 3.17. The number of hydrogen-bond acceptors (Lipinski definition) is 6. The van der Waals surface area contributed by atoms with Crippen molar-refractivity contribution in [3.8, 4) is 0 Å². The van der Waals surface area contributed by atoms with Crippen LogP contribution in [0.5, 0.6) is 0 Å². The SMILES string of the molecule is COCCn1c(=NC(=O)c2ccc([N+](=O)[O-])s2)sc2cc(F)ccc21. The van der Waals surface area contributed by atoms with Crippen molar-refractivity contribution in [2.45, 2.75) is 6.54 Å². The maximum atomic E-state index is 13.4. The molecule has 7 nitrogen and oxygen atoms in total. The molecule has 0 fully saturated rings. The molecule has 0 saturated heterocycles. The van der Waals surface area contributed by atoms with E-state index in [-0.39, 0.29) is 15.7 Å². The zero-order valence-corrected chi connectivity index (χ0v) is 14.6. The molecule has 2 aromatic heterocycles. The topological polar surface area (TPSA) is 86.7 Å². The second kappa shape index (κ2) is 7.21. The van der Waals surface area contributed by atoms with Crippen molar-refractivity contribution in [2.75, 3.05) is 13.7 Å². The molecule has 0 N–H and O–H groups in total. The number of nitro groups is 1. The van der Waals surface area contributed by atoms with Crippen molar-refractivity contribution in [3.63, 3.8) is 0 Å².